The van der Waals surface area contributed by atoms with E-state index in [9.17, 15) is 9.59 Å². The van der Waals surface area contributed by atoms with Gasteiger partial charge in [-0.2, -0.15) is 0 Å². The summed E-state index contributed by atoms with van der Waals surface area (Å²) in [5.41, 5.74) is 1.85. The number of methoxy groups -OCH3 is 1. The Hall–Kier alpha value is -1.40. The molecule has 2 amide bonds. The van der Waals surface area contributed by atoms with E-state index in [0.717, 1.165) is 15.7 Å². The number of nitrogens with one attached hydrogen (secondary N) is 1. The lowest BCUT2D eigenvalue weighted by molar-refractivity contribution is -0.130. The van der Waals surface area contributed by atoms with Gasteiger partial charge in [0.1, 0.15) is 0 Å². The van der Waals surface area contributed by atoms with Gasteiger partial charge >= 0.3 is 0 Å². The molecule has 0 fully saturated rings. The molecule has 116 valence electrons. The number of benzene rings is 1. The topological polar surface area (TPSA) is 58.6 Å². The van der Waals surface area contributed by atoms with E-state index in [2.05, 4.69) is 21.2 Å². The summed E-state index contributed by atoms with van der Waals surface area (Å²) in [6.07, 6.45) is 0.259. The van der Waals surface area contributed by atoms with Crippen molar-refractivity contribution in [1.82, 2.24) is 4.90 Å². The summed E-state index contributed by atoms with van der Waals surface area (Å²) in [4.78, 5) is 25.0. The average molecular weight is 357 g/mol. The first kappa shape index (κ1) is 17.7. The Balaban J connectivity index is 2.48. The number of hydrogen-bond acceptors (Lipinski definition) is 3. The monoisotopic (exact) mass is 356 g/mol. The number of anilines is 1. The number of carbonyl (C=O) groups is 2. The van der Waals surface area contributed by atoms with Crippen molar-refractivity contribution in [3.8, 4) is 0 Å². The zero-order valence-corrected chi connectivity index (χ0v) is 14.2. The molecule has 0 unspecified atom stereocenters. The van der Waals surface area contributed by atoms with E-state index in [-0.39, 0.29) is 18.2 Å². The third-order valence-electron chi connectivity index (χ3n) is 3.08. The van der Waals surface area contributed by atoms with Gasteiger partial charge in [-0.15, -0.1) is 0 Å². The highest BCUT2D eigenvalue weighted by Crippen LogP contribution is 2.20. The van der Waals surface area contributed by atoms with E-state index < -0.39 is 0 Å². The third kappa shape index (κ3) is 6.27. The average Bonchev–Trinajstić information content (AvgIpc) is 2.42. The van der Waals surface area contributed by atoms with Crippen LogP contribution >= 0.6 is 15.9 Å². The predicted molar refractivity (Wildman–Crippen MR) is 86.3 cm³/mol. The zero-order chi connectivity index (χ0) is 15.8. The maximum absolute atomic E-state index is 11.9. The van der Waals surface area contributed by atoms with Gasteiger partial charge in [-0.05, 0) is 24.6 Å². The number of nitrogens with zero attached hydrogens (tertiary/aromatic N) is 1. The molecule has 0 aliphatic carbocycles. The summed E-state index contributed by atoms with van der Waals surface area (Å²) in [7, 11) is 1.58. The molecule has 5 nitrogen and oxygen atoms in total. The Labute approximate surface area is 133 Å². The zero-order valence-electron chi connectivity index (χ0n) is 12.6. The Morgan fingerprint density at radius 3 is 2.62 bits per heavy atom. The van der Waals surface area contributed by atoms with Gasteiger partial charge in [0.25, 0.3) is 0 Å². The number of amides is 2. The molecule has 0 aromatic heterocycles. The molecule has 1 rings (SSSR count). The van der Waals surface area contributed by atoms with Crippen molar-refractivity contribution in [2.75, 3.05) is 32.1 Å². The quantitative estimate of drug-likeness (QED) is 0.816. The Morgan fingerprint density at radius 2 is 2.05 bits per heavy atom. The fourth-order valence-corrected chi connectivity index (χ4v) is 2.14. The lowest BCUT2D eigenvalue weighted by atomic mass is 10.2. The van der Waals surface area contributed by atoms with Crippen LogP contribution in [-0.2, 0) is 14.3 Å². The van der Waals surface area contributed by atoms with Gasteiger partial charge < -0.3 is 15.0 Å². The van der Waals surface area contributed by atoms with Crippen LogP contribution in [0.15, 0.2) is 22.7 Å². The molecule has 0 spiro atoms. The van der Waals surface area contributed by atoms with E-state index in [4.69, 9.17) is 4.74 Å². The molecule has 1 aromatic carbocycles. The second-order valence-electron chi connectivity index (χ2n) is 4.76. The van der Waals surface area contributed by atoms with Gasteiger partial charge in [0.15, 0.2) is 0 Å². The minimum Gasteiger partial charge on any atom is -0.383 e. The van der Waals surface area contributed by atoms with Gasteiger partial charge in [0.2, 0.25) is 11.8 Å². The second kappa shape index (κ2) is 8.79. The molecule has 0 heterocycles. The summed E-state index contributed by atoms with van der Waals surface area (Å²) in [5.74, 6) is -0.174. The SMILES string of the molecule is COCCN(CCC(=O)Nc1ccc(C)c(Br)c1)C(C)=O. The maximum atomic E-state index is 11.9. The number of carbonyl (C=O) groups excluding carboxylic acids is 2. The molecule has 6 heteroatoms. The van der Waals surface area contributed by atoms with Crippen molar-refractivity contribution < 1.29 is 14.3 Å². The maximum Gasteiger partial charge on any atom is 0.226 e. The summed E-state index contributed by atoms with van der Waals surface area (Å²) >= 11 is 3.43. The molecule has 0 saturated carbocycles. The van der Waals surface area contributed by atoms with Crippen molar-refractivity contribution in [2.24, 2.45) is 0 Å². The van der Waals surface area contributed by atoms with Crippen molar-refractivity contribution in [1.29, 1.82) is 0 Å². The fourth-order valence-electron chi connectivity index (χ4n) is 1.76. The Bertz CT molecular complexity index is 506. The van der Waals surface area contributed by atoms with Crippen molar-refractivity contribution >= 4 is 33.4 Å². The van der Waals surface area contributed by atoms with E-state index >= 15 is 0 Å². The van der Waals surface area contributed by atoms with Crippen LogP contribution < -0.4 is 5.32 Å². The highest BCUT2D eigenvalue weighted by atomic mass is 79.9. The van der Waals surface area contributed by atoms with Gasteiger partial charge in [0, 0.05) is 43.7 Å². The first-order valence-corrected chi connectivity index (χ1v) is 7.53. The summed E-state index contributed by atoms with van der Waals surface area (Å²) in [6, 6.07) is 5.65. The first-order chi connectivity index (χ1) is 9.93. The van der Waals surface area contributed by atoms with Crippen LogP contribution in [0.5, 0.6) is 0 Å². The van der Waals surface area contributed by atoms with Crippen LogP contribution in [0.1, 0.15) is 18.9 Å². The van der Waals surface area contributed by atoms with Gasteiger partial charge in [0.05, 0.1) is 6.61 Å². The lowest BCUT2D eigenvalue weighted by Crippen LogP contribution is -2.34. The largest absolute Gasteiger partial charge is 0.383 e. The van der Waals surface area contributed by atoms with Crippen molar-refractivity contribution in [2.45, 2.75) is 20.3 Å². The van der Waals surface area contributed by atoms with Crippen molar-refractivity contribution in [3.63, 3.8) is 0 Å². The molecule has 0 aliphatic heterocycles. The summed E-state index contributed by atoms with van der Waals surface area (Å²) in [5, 5.41) is 2.82. The van der Waals surface area contributed by atoms with Crippen LogP contribution in [0, 0.1) is 6.92 Å². The van der Waals surface area contributed by atoms with E-state index in [1.54, 1.807) is 12.0 Å². The second-order valence-corrected chi connectivity index (χ2v) is 5.62. The molecular weight excluding hydrogens is 336 g/mol. The van der Waals surface area contributed by atoms with E-state index in [0.29, 0.717) is 19.7 Å². The number of hydrogen-bond donors (Lipinski definition) is 1. The third-order valence-corrected chi connectivity index (χ3v) is 3.93. The van der Waals surface area contributed by atoms with Crippen LogP contribution in [0.2, 0.25) is 0 Å². The van der Waals surface area contributed by atoms with Crippen molar-refractivity contribution in [3.05, 3.63) is 28.2 Å². The van der Waals surface area contributed by atoms with Gasteiger partial charge in [-0.3, -0.25) is 9.59 Å². The first-order valence-electron chi connectivity index (χ1n) is 6.74. The Kier molecular flexibility index (Phi) is 7.39. The molecule has 1 N–H and O–H groups in total. The highest BCUT2D eigenvalue weighted by molar-refractivity contribution is 9.10. The number of aryl methyl sites for hydroxylation is 1. The van der Waals surface area contributed by atoms with Gasteiger partial charge in [-0.25, -0.2) is 0 Å². The standard InChI is InChI=1S/C15H21BrN2O3/c1-11-4-5-13(10-14(11)16)17-15(20)6-7-18(12(2)19)8-9-21-3/h4-5,10H,6-9H2,1-3H3,(H,17,20). The summed E-state index contributed by atoms with van der Waals surface area (Å²) in [6.45, 7) is 4.82. The van der Waals surface area contributed by atoms with Crippen LogP contribution in [0.25, 0.3) is 0 Å². The minimum atomic E-state index is -0.116. The summed E-state index contributed by atoms with van der Waals surface area (Å²) < 4.78 is 5.90. The van der Waals surface area contributed by atoms with Crippen LogP contribution in [0.4, 0.5) is 5.69 Å². The highest BCUT2D eigenvalue weighted by Gasteiger charge is 2.11. The number of halogens is 1. The molecule has 0 aliphatic rings. The van der Waals surface area contributed by atoms with Crippen LogP contribution in [-0.4, -0.2) is 43.5 Å². The van der Waals surface area contributed by atoms with E-state index in [1.165, 1.54) is 6.92 Å². The molecular formula is C15H21BrN2O3. The van der Waals surface area contributed by atoms with E-state index in [1.807, 2.05) is 25.1 Å². The Morgan fingerprint density at radius 1 is 1.33 bits per heavy atom. The normalized spacial score (nSPS) is 10.3. The van der Waals surface area contributed by atoms with Crippen LogP contribution in [0.3, 0.4) is 0 Å². The number of rotatable bonds is 7. The lowest BCUT2D eigenvalue weighted by Gasteiger charge is -2.20. The molecule has 0 atom stereocenters. The molecule has 21 heavy (non-hydrogen) atoms. The molecule has 0 saturated heterocycles. The minimum absolute atomic E-state index is 0.0575. The van der Waals surface area contributed by atoms with Gasteiger partial charge in [-0.1, -0.05) is 22.0 Å². The molecule has 0 radical (unpaired) electrons. The molecule has 1 aromatic rings. The molecule has 0 bridgehead atoms. The fraction of sp³-hybridized carbons (Fsp3) is 0.467. The number of ether oxygens (including phenoxy) is 1. The smallest absolute Gasteiger partial charge is 0.226 e. The predicted octanol–water partition coefficient (Wildman–Crippen LogP) is 2.58.